The number of nitrogens with zero attached hydrogens (tertiary/aromatic N) is 2. The highest BCUT2D eigenvalue weighted by atomic mass is 15.2. The summed E-state index contributed by atoms with van der Waals surface area (Å²) in [6, 6.07) is 13.7. The van der Waals surface area contributed by atoms with Gasteiger partial charge in [-0.3, -0.25) is 0 Å². The van der Waals surface area contributed by atoms with Crippen molar-refractivity contribution in [1.82, 2.24) is 0 Å². The van der Waals surface area contributed by atoms with Gasteiger partial charge in [0.2, 0.25) is 0 Å². The van der Waals surface area contributed by atoms with Crippen LogP contribution in [0, 0.1) is 0 Å². The lowest BCUT2D eigenvalue weighted by atomic mass is 9.33. The maximum absolute atomic E-state index is 10.2. The second kappa shape index (κ2) is 8.03. The summed E-state index contributed by atoms with van der Waals surface area (Å²) < 4.78 is 40.7. The lowest BCUT2D eigenvalue weighted by molar-refractivity contribution is 0.401. The smallest absolute Gasteiger partial charge is 0.252 e. The highest BCUT2D eigenvalue weighted by Crippen LogP contribution is 2.56. The average molecular weight is 545 g/mol. The molecule has 3 aromatic carbocycles. The van der Waals surface area contributed by atoms with Gasteiger partial charge in [-0.25, -0.2) is 0 Å². The largest absolute Gasteiger partial charge is 0.338 e. The Morgan fingerprint density at radius 1 is 0.659 bits per heavy atom. The van der Waals surface area contributed by atoms with Gasteiger partial charge in [-0.2, -0.15) is 0 Å². The molecule has 0 amide bonds. The first-order valence-electron chi connectivity index (χ1n) is 18.2. The maximum Gasteiger partial charge on any atom is 0.252 e. The summed E-state index contributed by atoms with van der Waals surface area (Å²) in [4.78, 5) is 4.54. The first-order valence-corrected chi connectivity index (χ1v) is 16.2. The van der Waals surface area contributed by atoms with Crippen molar-refractivity contribution in [2.45, 2.75) is 128 Å². The van der Waals surface area contributed by atoms with E-state index >= 15 is 0 Å². The van der Waals surface area contributed by atoms with Crippen LogP contribution in [-0.4, -0.2) is 18.7 Å². The lowest BCUT2D eigenvalue weighted by Gasteiger charge is -2.46. The Kier molecular flexibility index (Phi) is 4.13. The van der Waals surface area contributed by atoms with Crippen molar-refractivity contribution in [3.63, 3.8) is 0 Å². The van der Waals surface area contributed by atoms with Crippen molar-refractivity contribution in [3.8, 4) is 0 Å². The molecule has 3 heteroatoms. The van der Waals surface area contributed by atoms with Gasteiger partial charge in [0.1, 0.15) is 0 Å². The fraction of sp³-hybridized carbons (Fsp3) is 0.526. The Morgan fingerprint density at radius 3 is 1.54 bits per heavy atom. The van der Waals surface area contributed by atoms with Crippen LogP contribution < -0.4 is 26.2 Å². The van der Waals surface area contributed by atoms with Crippen molar-refractivity contribution in [2.24, 2.45) is 0 Å². The molecular weight excluding hydrogens is 495 g/mol. The molecule has 2 aliphatic carbocycles. The normalized spacial score (nSPS) is 35.4. The van der Waals surface area contributed by atoms with E-state index in [1.807, 2.05) is 0 Å². The van der Waals surface area contributed by atoms with Gasteiger partial charge in [-0.1, -0.05) is 97.6 Å². The van der Waals surface area contributed by atoms with Crippen LogP contribution in [0.2, 0.25) is 0 Å². The van der Waals surface area contributed by atoms with Crippen LogP contribution in [0.25, 0.3) is 0 Å². The number of anilines is 4. The van der Waals surface area contributed by atoms with Crippen LogP contribution in [0.4, 0.5) is 22.7 Å². The highest BCUT2D eigenvalue weighted by molar-refractivity contribution is 7.00. The molecule has 4 atom stereocenters. The summed E-state index contributed by atoms with van der Waals surface area (Å²) in [5.41, 5.74) is 12.1. The second-order valence-corrected chi connectivity index (χ2v) is 15.5. The quantitative estimate of drug-likeness (QED) is 0.267. The van der Waals surface area contributed by atoms with Gasteiger partial charge in [0.05, 0.1) is 2.74 Å². The molecule has 4 heterocycles. The van der Waals surface area contributed by atoms with Crippen molar-refractivity contribution in [1.29, 1.82) is 0 Å². The van der Waals surface area contributed by atoms with E-state index in [2.05, 4.69) is 93.8 Å². The Labute approximate surface area is 253 Å². The van der Waals surface area contributed by atoms with Crippen LogP contribution >= 0.6 is 0 Å². The van der Waals surface area contributed by atoms with Crippen molar-refractivity contribution >= 4 is 45.9 Å². The highest BCUT2D eigenvalue weighted by Gasteiger charge is 2.54. The number of hydrogen-bond acceptors (Lipinski definition) is 2. The fourth-order valence-electron chi connectivity index (χ4n) is 8.94. The minimum absolute atomic E-state index is 0.0736. The predicted octanol–water partition coefficient (Wildman–Crippen LogP) is 7.78. The van der Waals surface area contributed by atoms with E-state index in [4.69, 9.17) is 0 Å². The summed E-state index contributed by atoms with van der Waals surface area (Å²) in [6.45, 7) is 13.5. The first-order chi connectivity index (χ1) is 21.1. The van der Waals surface area contributed by atoms with Gasteiger partial charge < -0.3 is 9.80 Å². The minimum Gasteiger partial charge on any atom is -0.338 e. The van der Waals surface area contributed by atoms with E-state index in [9.17, 15) is 5.48 Å². The predicted molar refractivity (Wildman–Crippen MR) is 176 cm³/mol. The zero-order valence-electron chi connectivity index (χ0n) is 29.7. The molecule has 0 saturated heterocycles. The third-order valence-electron chi connectivity index (χ3n) is 11.0. The molecule has 9 rings (SSSR count). The third kappa shape index (κ3) is 3.16. The zero-order valence-corrected chi connectivity index (χ0v) is 25.7. The van der Waals surface area contributed by atoms with E-state index in [1.165, 1.54) is 27.5 Å². The standard InChI is InChI=1S/C38H45BN2/c1-37(2,3)22-18-26-24-12-7-9-14-30(24)40-32-16-11-17-33-34(32)39(28(20-22)35(26)40)29-21-23(38(4,5)6)19-27-25-13-8-10-15-31(25)41(33)36(27)29/h11,16-21,24-25,30-31H,7-10,12-15H2,1-6H3/i24D,25D,30D,31D. The van der Waals surface area contributed by atoms with Crippen LogP contribution in [0.5, 0.6) is 0 Å². The number of benzene rings is 3. The van der Waals surface area contributed by atoms with Crippen LogP contribution in [-0.2, 0) is 10.8 Å². The molecule has 0 spiro atoms. The molecule has 0 N–H and O–H groups in total. The number of rotatable bonds is 0. The summed E-state index contributed by atoms with van der Waals surface area (Å²) in [5.74, 6) is -2.03. The monoisotopic (exact) mass is 544 g/mol. The van der Waals surface area contributed by atoms with Gasteiger partial charge in [0, 0.05) is 49.3 Å². The van der Waals surface area contributed by atoms with Crippen molar-refractivity contribution in [2.75, 3.05) is 9.80 Å². The van der Waals surface area contributed by atoms with E-state index < -0.39 is 23.8 Å². The molecule has 2 fully saturated rings. The van der Waals surface area contributed by atoms with Crippen LogP contribution in [0.1, 0.15) is 132 Å². The topological polar surface area (TPSA) is 6.48 Å². The lowest BCUT2D eigenvalue weighted by Crippen LogP contribution is -2.63. The molecule has 0 aromatic heterocycles. The first kappa shape index (κ1) is 21.1. The number of fused-ring (bicyclic) bond motifs is 10. The molecule has 0 radical (unpaired) electrons. The maximum atomic E-state index is 10.2. The van der Waals surface area contributed by atoms with Gasteiger partial charge in [0.15, 0.2) is 0 Å². The number of hydrogen-bond donors (Lipinski definition) is 0. The second-order valence-electron chi connectivity index (χ2n) is 15.5. The van der Waals surface area contributed by atoms with Crippen molar-refractivity contribution in [3.05, 3.63) is 64.7 Å². The fourth-order valence-corrected chi connectivity index (χ4v) is 8.94. The van der Waals surface area contributed by atoms with E-state index in [0.717, 1.165) is 59.6 Å². The molecule has 2 saturated carbocycles. The molecule has 6 aliphatic rings. The third-order valence-corrected chi connectivity index (χ3v) is 11.0. The van der Waals surface area contributed by atoms with Gasteiger partial charge >= 0.3 is 0 Å². The van der Waals surface area contributed by atoms with Crippen molar-refractivity contribution < 1.29 is 5.48 Å². The Bertz CT molecular complexity index is 1710. The minimum atomic E-state index is -1.09. The summed E-state index contributed by atoms with van der Waals surface area (Å²) in [7, 11) is 0. The SMILES string of the molecule is [2H]C12CCCCC1([2H])N1c3cccc4c3B(c3cc(C(C)(C)C)cc2c31)c1cc(C(C)(C)C)cc2c1N4C1([2H])CCCCC21[2H]. The summed E-state index contributed by atoms with van der Waals surface area (Å²) >= 11 is 0. The molecule has 4 unspecified atom stereocenters. The molecule has 2 nitrogen and oxygen atoms in total. The van der Waals surface area contributed by atoms with Gasteiger partial charge in [0.25, 0.3) is 6.71 Å². The van der Waals surface area contributed by atoms with E-state index in [-0.39, 0.29) is 17.5 Å². The van der Waals surface area contributed by atoms with Crippen LogP contribution in [0.3, 0.4) is 0 Å². The molecule has 41 heavy (non-hydrogen) atoms. The van der Waals surface area contributed by atoms with E-state index in [1.54, 1.807) is 0 Å². The van der Waals surface area contributed by atoms with E-state index in [0.29, 0.717) is 25.7 Å². The Morgan fingerprint density at radius 2 is 1.10 bits per heavy atom. The molecule has 0 bridgehead atoms. The Hall–Kier alpha value is -2.68. The molecule has 3 aromatic rings. The summed E-state index contributed by atoms with van der Waals surface area (Å²) in [5, 5.41) is 0. The summed E-state index contributed by atoms with van der Waals surface area (Å²) in [6.07, 6.45) is 6.60. The molecular formula is C38H45BN2. The zero-order chi connectivity index (χ0) is 31.7. The Balaban J connectivity index is 1.45. The van der Waals surface area contributed by atoms with Crippen LogP contribution in [0.15, 0.2) is 42.5 Å². The van der Waals surface area contributed by atoms with Gasteiger partial charge in [-0.05, 0) is 87.3 Å². The average Bonchev–Trinajstić information content (AvgIpc) is 3.32. The molecule has 4 aliphatic heterocycles. The van der Waals surface area contributed by atoms with Gasteiger partial charge in [-0.15, -0.1) is 0 Å². The molecule has 210 valence electrons.